The number of carboxylic acid groups (broad SMARTS) is 1. The highest BCUT2D eigenvalue weighted by molar-refractivity contribution is 7.91. The number of nitrogens with one attached hydrogen (secondary N) is 1. The van der Waals surface area contributed by atoms with Crippen molar-refractivity contribution in [2.75, 3.05) is 0 Å². The first-order valence-corrected chi connectivity index (χ1v) is 10.5. The fourth-order valence-corrected chi connectivity index (χ4v) is 5.04. The van der Waals surface area contributed by atoms with Gasteiger partial charge in [-0.25, -0.2) is 8.42 Å². The summed E-state index contributed by atoms with van der Waals surface area (Å²) in [6.45, 7) is 3.28. The number of aliphatic carboxylic acids is 1. The number of carboxylic acids is 1. The molecule has 2 aromatic heterocycles. The lowest BCUT2D eigenvalue weighted by Gasteiger charge is -2.17. The van der Waals surface area contributed by atoms with E-state index in [-0.39, 0.29) is 10.1 Å². The number of rotatable bonds is 7. The molecule has 0 spiro atoms. The number of nitrogens with zero attached hydrogens (tertiary/aromatic N) is 1. The van der Waals surface area contributed by atoms with Crippen molar-refractivity contribution in [1.82, 2.24) is 9.88 Å². The second kappa shape index (κ2) is 7.63. The zero-order chi connectivity index (χ0) is 19.6. The Morgan fingerprint density at radius 2 is 1.89 bits per heavy atom. The highest BCUT2D eigenvalue weighted by Crippen LogP contribution is 2.33. The van der Waals surface area contributed by atoms with Crippen molar-refractivity contribution in [3.8, 4) is 21.9 Å². The van der Waals surface area contributed by atoms with Crippen LogP contribution >= 0.6 is 11.3 Å². The second-order valence-electron chi connectivity index (χ2n) is 6.24. The van der Waals surface area contributed by atoms with Crippen LogP contribution in [0.15, 0.2) is 57.3 Å². The Balaban J connectivity index is 1.84. The third-order valence-corrected chi connectivity index (χ3v) is 6.92. The summed E-state index contributed by atoms with van der Waals surface area (Å²) in [6, 6.07) is 13.0. The normalized spacial score (nSPS) is 13.0. The molecule has 2 N–H and O–H groups in total. The first kappa shape index (κ1) is 19.3. The molecule has 27 heavy (non-hydrogen) atoms. The quantitative estimate of drug-likeness (QED) is 0.622. The average Bonchev–Trinajstić information content (AvgIpc) is 3.29. The smallest absolute Gasteiger partial charge is 0.322 e. The van der Waals surface area contributed by atoms with Gasteiger partial charge in [0.1, 0.15) is 15.9 Å². The first-order chi connectivity index (χ1) is 12.8. The molecule has 9 heteroatoms. The number of carbonyl (C=O) groups is 1. The molecule has 1 atom stereocenters. The summed E-state index contributed by atoms with van der Waals surface area (Å²) in [5.41, 5.74) is 1.53. The fourth-order valence-electron chi connectivity index (χ4n) is 2.43. The SMILES string of the molecule is CC(C)C(NS(=O)(=O)c1ccc(-c2cc(-c3ccccc3)no2)s1)C(=O)O. The van der Waals surface area contributed by atoms with Gasteiger partial charge < -0.3 is 9.63 Å². The molecule has 0 fully saturated rings. The van der Waals surface area contributed by atoms with Gasteiger partial charge in [0.2, 0.25) is 0 Å². The zero-order valence-corrected chi connectivity index (χ0v) is 16.3. The van der Waals surface area contributed by atoms with E-state index in [0.29, 0.717) is 16.3 Å². The predicted molar refractivity (Wildman–Crippen MR) is 102 cm³/mol. The lowest BCUT2D eigenvalue weighted by atomic mass is 10.1. The van der Waals surface area contributed by atoms with E-state index in [1.54, 1.807) is 26.0 Å². The molecule has 0 aliphatic heterocycles. The minimum absolute atomic E-state index is 0.0158. The molecule has 0 saturated heterocycles. The van der Waals surface area contributed by atoms with Gasteiger partial charge in [-0.2, -0.15) is 4.72 Å². The van der Waals surface area contributed by atoms with Crippen LogP contribution in [0.2, 0.25) is 0 Å². The van der Waals surface area contributed by atoms with Crippen molar-refractivity contribution >= 4 is 27.3 Å². The molecule has 0 radical (unpaired) electrons. The number of sulfonamides is 1. The van der Waals surface area contributed by atoms with Crippen molar-refractivity contribution in [1.29, 1.82) is 0 Å². The van der Waals surface area contributed by atoms with E-state index < -0.39 is 22.0 Å². The van der Waals surface area contributed by atoms with Gasteiger partial charge in [0, 0.05) is 11.6 Å². The molecule has 142 valence electrons. The van der Waals surface area contributed by atoms with E-state index >= 15 is 0 Å². The van der Waals surface area contributed by atoms with Gasteiger partial charge in [0.15, 0.2) is 5.76 Å². The molecule has 0 amide bonds. The van der Waals surface area contributed by atoms with Crippen molar-refractivity contribution < 1.29 is 22.8 Å². The molecule has 0 saturated carbocycles. The monoisotopic (exact) mass is 406 g/mol. The van der Waals surface area contributed by atoms with Gasteiger partial charge in [0.25, 0.3) is 10.0 Å². The van der Waals surface area contributed by atoms with Crippen LogP contribution in [0.3, 0.4) is 0 Å². The average molecular weight is 406 g/mol. The van der Waals surface area contributed by atoms with Gasteiger partial charge in [-0.1, -0.05) is 49.3 Å². The predicted octanol–water partition coefficient (Wildman–Crippen LogP) is 3.46. The van der Waals surface area contributed by atoms with E-state index in [9.17, 15) is 18.3 Å². The highest BCUT2D eigenvalue weighted by Gasteiger charge is 2.29. The van der Waals surface area contributed by atoms with Crippen LogP contribution < -0.4 is 4.72 Å². The molecule has 3 aromatic rings. The lowest BCUT2D eigenvalue weighted by Crippen LogP contribution is -2.43. The van der Waals surface area contributed by atoms with E-state index in [1.807, 2.05) is 30.3 Å². The van der Waals surface area contributed by atoms with Gasteiger partial charge in [-0.15, -0.1) is 11.3 Å². The van der Waals surface area contributed by atoms with Crippen LogP contribution in [-0.2, 0) is 14.8 Å². The van der Waals surface area contributed by atoms with Gasteiger partial charge >= 0.3 is 5.97 Å². The number of hydrogen-bond acceptors (Lipinski definition) is 6. The Bertz CT molecular complexity index is 1040. The Morgan fingerprint density at radius 3 is 2.52 bits per heavy atom. The summed E-state index contributed by atoms with van der Waals surface area (Å²) in [7, 11) is -3.96. The summed E-state index contributed by atoms with van der Waals surface area (Å²) >= 11 is 0.990. The van der Waals surface area contributed by atoms with Crippen molar-refractivity contribution in [2.45, 2.75) is 24.1 Å². The molecule has 0 aliphatic rings. The largest absolute Gasteiger partial charge is 0.480 e. The van der Waals surface area contributed by atoms with Crippen LogP contribution in [0.1, 0.15) is 13.8 Å². The Hall–Kier alpha value is -2.49. The summed E-state index contributed by atoms with van der Waals surface area (Å²) in [6.07, 6.45) is 0. The topological polar surface area (TPSA) is 110 Å². The first-order valence-electron chi connectivity index (χ1n) is 8.15. The van der Waals surface area contributed by atoms with Crippen LogP contribution in [-0.4, -0.2) is 30.7 Å². The Kier molecular flexibility index (Phi) is 5.45. The van der Waals surface area contributed by atoms with Crippen LogP contribution in [0.4, 0.5) is 0 Å². The summed E-state index contributed by atoms with van der Waals surface area (Å²) in [5.74, 6) is -1.16. The molecule has 0 aliphatic carbocycles. The van der Waals surface area contributed by atoms with Crippen molar-refractivity contribution in [2.24, 2.45) is 5.92 Å². The third kappa shape index (κ3) is 4.26. The molecular weight excluding hydrogens is 388 g/mol. The maximum absolute atomic E-state index is 12.5. The summed E-state index contributed by atoms with van der Waals surface area (Å²) in [4.78, 5) is 11.9. The lowest BCUT2D eigenvalue weighted by molar-refractivity contribution is -0.140. The number of hydrogen-bond donors (Lipinski definition) is 2. The molecule has 1 aromatic carbocycles. The van der Waals surface area contributed by atoms with Crippen LogP contribution in [0.5, 0.6) is 0 Å². The van der Waals surface area contributed by atoms with E-state index in [0.717, 1.165) is 16.9 Å². The summed E-state index contributed by atoms with van der Waals surface area (Å²) in [5, 5.41) is 13.2. The fraction of sp³-hybridized carbons (Fsp3) is 0.222. The second-order valence-corrected chi connectivity index (χ2v) is 9.27. The zero-order valence-electron chi connectivity index (χ0n) is 14.6. The number of benzene rings is 1. The molecule has 3 rings (SSSR count). The minimum atomic E-state index is -3.96. The van der Waals surface area contributed by atoms with E-state index in [1.165, 1.54) is 6.07 Å². The molecular formula is C18H18N2O5S2. The van der Waals surface area contributed by atoms with Crippen LogP contribution in [0.25, 0.3) is 21.9 Å². The van der Waals surface area contributed by atoms with E-state index in [2.05, 4.69) is 9.88 Å². The molecule has 7 nitrogen and oxygen atoms in total. The molecule has 2 heterocycles. The standard InChI is InChI=1S/C18H18N2O5S2/c1-11(2)17(18(21)22)20-27(23,24)16-9-8-15(26-16)14-10-13(19-25-14)12-6-4-3-5-7-12/h3-11,17,20H,1-2H3,(H,21,22). The van der Waals surface area contributed by atoms with E-state index in [4.69, 9.17) is 4.52 Å². The minimum Gasteiger partial charge on any atom is -0.480 e. The van der Waals surface area contributed by atoms with Crippen LogP contribution in [0, 0.1) is 5.92 Å². The van der Waals surface area contributed by atoms with Crippen molar-refractivity contribution in [3.05, 3.63) is 48.5 Å². The number of thiophene rings is 1. The molecule has 1 unspecified atom stereocenters. The number of aromatic nitrogens is 1. The summed E-state index contributed by atoms with van der Waals surface area (Å²) < 4.78 is 32.6. The maximum Gasteiger partial charge on any atom is 0.322 e. The third-order valence-electron chi connectivity index (χ3n) is 3.88. The Morgan fingerprint density at radius 1 is 1.19 bits per heavy atom. The highest BCUT2D eigenvalue weighted by atomic mass is 32.2. The van der Waals surface area contributed by atoms with Gasteiger partial charge in [-0.3, -0.25) is 4.79 Å². The Labute approximate surface area is 160 Å². The maximum atomic E-state index is 12.5. The van der Waals surface area contributed by atoms with Gasteiger partial charge in [0.05, 0.1) is 4.88 Å². The van der Waals surface area contributed by atoms with Gasteiger partial charge in [-0.05, 0) is 18.1 Å². The molecule has 0 bridgehead atoms. The van der Waals surface area contributed by atoms with Crippen molar-refractivity contribution in [3.63, 3.8) is 0 Å².